The maximum Gasteiger partial charge on any atom is 0.126 e. The summed E-state index contributed by atoms with van der Waals surface area (Å²) in [4.78, 5) is 4.62. The number of pyridine rings is 1. The Morgan fingerprint density at radius 2 is 2.00 bits per heavy atom. The second-order valence-corrected chi connectivity index (χ2v) is 8.34. The minimum absolute atomic E-state index is 0.0113. The van der Waals surface area contributed by atoms with Gasteiger partial charge in [-0.05, 0) is 68.1 Å². The molecule has 2 fully saturated rings. The minimum atomic E-state index is -0.0113. The van der Waals surface area contributed by atoms with E-state index in [4.69, 9.17) is 11.5 Å². The Morgan fingerprint density at radius 1 is 1.19 bits per heavy atom. The molecule has 2 saturated carbocycles. The van der Waals surface area contributed by atoms with Gasteiger partial charge >= 0.3 is 0 Å². The molecule has 26 heavy (non-hydrogen) atoms. The highest BCUT2D eigenvalue weighted by Gasteiger charge is 2.51. The molecule has 2 aromatic rings. The van der Waals surface area contributed by atoms with Gasteiger partial charge in [0.05, 0.1) is 0 Å². The summed E-state index contributed by atoms with van der Waals surface area (Å²) in [5, 5.41) is 3.41. The van der Waals surface area contributed by atoms with Crippen molar-refractivity contribution in [1.29, 1.82) is 0 Å². The summed E-state index contributed by atoms with van der Waals surface area (Å²) in [6.45, 7) is 2.92. The normalized spacial score (nSPS) is 30.8. The number of aromatic nitrogens is 1. The lowest BCUT2D eigenvalue weighted by atomic mass is 9.76. The second kappa shape index (κ2) is 7.01. The number of hydrogen-bond donors (Lipinski definition) is 3. The minimum Gasteiger partial charge on any atom is -0.366 e. The number of hydrogen-bond acceptors (Lipinski definition) is 4. The lowest BCUT2D eigenvalue weighted by Crippen LogP contribution is -2.48. The summed E-state index contributed by atoms with van der Waals surface area (Å²) < 4.78 is 0. The SMILES string of the molecule is Cc1cccc(CNc2ccc(C3CC3C3(N)CCC(N)CC3)cn2)c1. The third-order valence-corrected chi connectivity index (χ3v) is 6.26. The zero-order valence-electron chi connectivity index (χ0n) is 15.6. The lowest BCUT2D eigenvalue weighted by molar-refractivity contribution is 0.239. The fraction of sp³-hybridized carbons (Fsp3) is 0.500. The topological polar surface area (TPSA) is 77.0 Å². The van der Waals surface area contributed by atoms with Gasteiger partial charge in [0.25, 0.3) is 0 Å². The van der Waals surface area contributed by atoms with Crippen LogP contribution in [0.4, 0.5) is 5.82 Å². The summed E-state index contributed by atoms with van der Waals surface area (Å²) in [6, 6.07) is 13.2. The summed E-state index contributed by atoms with van der Waals surface area (Å²) >= 11 is 0. The summed E-state index contributed by atoms with van der Waals surface area (Å²) in [7, 11) is 0. The first kappa shape index (κ1) is 17.5. The van der Waals surface area contributed by atoms with Gasteiger partial charge in [-0.25, -0.2) is 4.98 Å². The van der Waals surface area contributed by atoms with E-state index in [9.17, 15) is 0 Å². The quantitative estimate of drug-likeness (QED) is 0.768. The molecule has 0 spiro atoms. The number of nitrogens with two attached hydrogens (primary N) is 2. The first-order chi connectivity index (χ1) is 12.5. The molecule has 2 aliphatic carbocycles. The first-order valence-electron chi connectivity index (χ1n) is 9.83. The van der Waals surface area contributed by atoms with Crippen molar-refractivity contribution in [3.8, 4) is 0 Å². The molecule has 138 valence electrons. The summed E-state index contributed by atoms with van der Waals surface area (Å²) in [6.07, 6.45) is 7.50. The average Bonchev–Trinajstić information content (AvgIpc) is 3.45. The maximum atomic E-state index is 6.72. The van der Waals surface area contributed by atoms with Crippen molar-refractivity contribution in [2.24, 2.45) is 17.4 Å². The molecule has 0 radical (unpaired) electrons. The molecule has 1 aromatic heterocycles. The van der Waals surface area contributed by atoms with Crippen LogP contribution >= 0.6 is 0 Å². The molecule has 4 nitrogen and oxygen atoms in total. The smallest absolute Gasteiger partial charge is 0.126 e. The molecular weight excluding hydrogens is 320 g/mol. The number of rotatable bonds is 5. The second-order valence-electron chi connectivity index (χ2n) is 8.34. The Morgan fingerprint density at radius 3 is 2.69 bits per heavy atom. The van der Waals surface area contributed by atoms with Crippen LogP contribution in [0, 0.1) is 12.8 Å². The van der Waals surface area contributed by atoms with E-state index < -0.39 is 0 Å². The van der Waals surface area contributed by atoms with E-state index in [2.05, 4.69) is 53.6 Å². The Labute approximate surface area is 156 Å². The molecule has 4 heteroatoms. The van der Waals surface area contributed by atoms with Gasteiger partial charge in [-0.3, -0.25) is 0 Å². The van der Waals surface area contributed by atoms with Gasteiger partial charge in [0, 0.05) is 24.3 Å². The van der Waals surface area contributed by atoms with Gasteiger partial charge in [-0.15, -0.1) is 0 Å². The molecule has 0 aliphatic heterocycles. The maximum absolute atomic E-state index is 6.72. The molecule has 2 atom stereocenters. The molecule has 4 rings (SSSR count). The number of anilines is 1. The molecule has 0 saturated heterocycles. The zero-order chi connectivity index (χ0) is 18.1. The predicted octanol–water partition coefficient (Wildman–Crippen LogP) is 3.70. The van der Waals surface area contributed by atoms with Gasteiger partial charge in [-0.2, -0.15) is 0 Å². The average molecular weight is 351 g/mol. The van der Waals surface area contributed by atoms with Gasteiger partial charge < -0.3 is 16.8 Å². The number of nitrogens with one attached hydrogen (secondary N) is 1. The number of nitrogens with zero attached hydrogens (tertiary/aromatic N) is 1. The third kappa shape index (κ3) is 3.76. The van der Waals surface area contributed by atoms with E-state index >= 15 is 0 Å². The van der Waals surface area contributed by atoms with E-state index in [1.54, 1.807) is 0 Å². The Hall–Kier alpha value is -1.91. The monoisotopic (exact) mass is 350 g/mol. The molecule has 0 amide bonds. The third-order valence-electron chi connectivity index (χ3n) is 6.26. The van der Waals surface area contributed by atoms with Crippen LogP contribution in [0.25, 0.3) is 0 Å². The highest BCUT2D eigenvalue weighted by Crippen LogP contribution is 2.56. The van der Waals surface area contributed by atoms with Gasteiger partial charge in [0.15, 0.2) is 0 Å². The van der Waals surface area contributed by atoms with E-state index in [1.165, 1.54) is 23.1 Å². The van der Waals surface area contributed by atoms with Crippen molar-refractivity contribution in [3.63, 3.8) is 0 Å². The van der Waals surface area contributed by atoms with Crippen molar-refractivity contribution < 1.29 is 0 Å². The molecular formula is C22H30N4. The highest BCUT2D eigenvalue weighted by atomic mass is 15.0. The molecule has 1 heterocycles. The summed E-state index contributed by atoms with van der Waals surface area (Å²) in [5.74, 6) is 2.11. The molecule has 1 aromatic carbocycles. The van der Waals surface area contributed by atoms with Crippen LogP contribution in [0.1, 0.15) is 54.7 Å². The van der Waals surface area contributed by atoms with E-state index in [0.29, 0.717) is 17.9 Å². The van der Waals surface area contributed by atoms with Crippen LogP contribution in [-0.2, 0) is 6.54 Å². The molecule has 0 bridgehead atoms. The summed E-state index contributed by atoms with van der Waals surface area (Å²) in [5.41, 5.74) is 16.6. The van der Waals surface area contributed by atoms with Crippen LogP contribution in [0.2, 0.25) is 0 Å². The van der Waals surface area contributed by atoms with Crippen LogP contribution in [0.3, 0.4) is 0 Å². The van der Waals surface area contributed by atoms with Crippen molar-refractivity contribution >= 4 is 5.82 Å². The van der Waals surface area contributed by atoms with Crippen molar-refractivity contribution in [2.45, 2.75) is 63.1 Å². The van der Waals surface area contributed by atoms with Gasteiger partial charge in [-0.1, -0.05) is 35.9 Å². The lowest BCUT2D eigenvalue weighted by Gasteiger charge is -2.36. The van der Waals surface area contributed by atoms with Gasteiger partial charge in [0.2, 0.25) is 0 Å². The van der Waals surface area contributed by atoms with E-state index in [-0.39, 0.29) is 5.54 Å². The predicted molar refractivity (Wildman–Crippen MR) is 107 cm³/mol. The van der Waals surface area contributed by atoms with Crippen LogP contribution in [0.5, 0.6) is 0 Å². The van der Waals surface area contributed by atoms with Crippen molar-refractivity contribution in [2.75, 3.05) is 5.32 Å². The fourth-order valence-corrected chi connectivity index (χ4v) is 4.49. The highest BCUT2D eigenvalue weighted by molar-refractivity contribution is 5.39. The molecule has 2 unspecified atom stereocenters. The Kier molecular flexibility index (Phi) is 4.72. The van der Waals surface area contributed by atoms with Crippen LogP contribution in [0.15, 0.2) is 42.6 Å². The van der Waals surface area contributed by atoms with Crippen LogP contribution in [-0.4, -0.2) is 16.6 Å². The molecule has 5 N–H and O–H groups in total. The number of aryl methyl sites for hydroxylation is 1. The molecule has 2 aliphatic rings. The van der Waals surface area contributed by atoms with Crippen molar-refractivity contribution in [1.82, 2.24) is 4.98 Å². The van der Waals surface area contributed by atoms with E-state index in [1.807, 2.05) is 6.20 Å². The van der Waals surface area contributed by atoms with E-state index in [0.717, 1.165) is 38.0 Å². The van der Waals surface area contributed by atoms with Crippen molar-refractivity contribution in [3.05, 3.63) is 59.3 Å². The van der Waals surface area contributed by atoms with Gasteiger partial charge in [0.1, 0.15) is 5.82 Å². The Bertz CT molecular complexity index is 747. The largest absolute Gasteiger partial charge is 0.366 e. The standard InChI is InChI=1S/C22H30N4/c1-15-3-2-4-16(11-15)13-25-21-6-5-17(14-26-21)19-12-20(19)22(24)9-7-18(23)8-10-22/h2-6,11,14,18-20H,7-10,12-13,23-24H2,1H3,(H,25,26). The fourth-order valence-electron chi connectivity index (χ4n) is 4.49. The van der Waals surface area contributed by atoms with Crippen LogP contribution < -0.4 is 16.8 Å². The Balaban J connectivity index is 1.34. The number of benzene rings is 1. The zero-order valence-corrected chi connectivity index (χ0v) is 15.6. The first-order valence-corrected chi connectivity index (χ1v) is 9.83.